The van der Waals surface area contributed by atoms with Gasteiger partial charge in [-0.3, -0.25) is 4.79 Å². The molecule has 0 saturated heterocycles. The van der Waals surface area contributed by atoms with E-state index in [9.17, 15) is 9.90 Å². The van der Waals surface area contributed by atoms with Gasteiger partial charge in [0.1, 0.15) is 5.69 Å². The molecule has 1 amide bonds. The van der Waals surface area contributed by atoms with Gasteiger partial charge in [0.25, 0.3) is 5.91 Å². The summed E-state index contributed by atoms with van der Waals surface area (Å²) in [5.74, 6) is 0.256. The van der Waals surface area contributed by atoms with Crippen LogP contribution in [0.2, 0.25) is 0 Å². The maximum atomic E-state index is 12.3. The van der Waals surface area contributed by atoms with Crippen molar-refractivity contribution in [2.45, 2.75) is 32.3 Å². The van der Waals surface area contributed by atoms with E-state index in [-0.39, 0.29) is 24.5 Å². The number of hydrogen-bond donors (Lipinski definition) is 2. The smallest absolute Gasteiger partial charge is 0.270 e. The second-order valence-corrected chi connectivity index (χ2v) is 5.86. The zero-order valence-corrected chi connectivity index (χ0v) is 14.1. The SMILES string of the molecule is CC(C)Oc1cccc(C(=O)NCC(CCO)c2ccccc2)n1. The summed E-state index contributed by atoms with van der Waals surface area (Å²) in [5.41, 5.74) is 1.42. The lowest BCUT2D eigenvalue weighted by Gasteiger charge is -2.17. The van der Waals surface area contributed by atoms with Crippen LogP contribution in [0.25, 0.3) is 0 Å². The third-order valence-electron chi connectivity index (χ3n) is 3.57. The number of pyridine rings is 1. The molecule has 1 aromatic carbocycles. The predicted molar refractivity (Wildman–Crippen MR) is 93.2 cm³/mol. The summed E-state index contributed by atoms with van der Waals surface area (Å²) in [6, 6.07) is 15.0. The molecular weight excluding hydrogens is 304 g/mol. The van der Waals surface area contributed by atoms with Crippen LogP contribution in [-0.2, 0) is 0 Å². The van der Waals surface area contributed by atoms with Crippen molar-refractivity contribution in [3.63, 3.8) is 0 Å². The van der Waals surface area contributed by atoms with Gasteiger partial charge >= 0.3 is 0 Å². The van der Waals surface area contributed by atoms with E-state index in [1.165, 1.54) is 0 Å². The van der Waals surface area contributed by atoms with Crippen molar-refractivity contribution in [1.82, 2.24) is 10.3 Å². The molecule has 0 aliphatic heterocycles. The maximum Gasteiger partial charge on any atom is 0.270 e. The number of nitrogens with zero attached hydrogens (tertiary/aromatic N) is 1. The number of benzene rings is 1. The summed E-state index contributed by atoms with van der Waals surface area (Å²) in [6.45, 7) is 4.34. The molecule has 128 valence electrons. The summed E-state index contributed by atoms with van der Waals surface area (Å²) >= 11 is 0. The van der Waals surface area contributed by atoms with Gasteiger partial charge in [-0.05, 0) is 31.9 Å². The minimum atomic E-state index is -0.247. The standard InChI is InChI=1S/C19H24N2O3/c1-14(2)24-18-10-6-9-17(21-18)19(23)20-13-16(11-12-22)15-7-4-3-5-8-15/h3-10,14,16,22H,11-13H2,1-2H3,(H,20,23). The van der Waals surface area contributed by atoms with Gasteiger partial charge in [0.15, 0.2) is 0 Å². The maximum absolute atomic E-state index is 12.3. The zero-order chi connectivity index (χ0) is 17.4. The average molecular weight is 328 g/mol. The van der Waals surface area contributed by atoms with Crippen LogP contribution in [0.1, 0.15) is 42.2 Å². The summed E-state index contributed by atoms with van der Waals surface area (Å²) < 4.78 is 5.51. The van der Waals surface area contributed by atoms with Crippen molar-refractivity contribution in [1.29, 1.82) is 0 Å². The highest BCUT2D eigenvalue weighted by molar-refractivity contribution is 5.92. The molecule has 1 unspecified atom stereocenters. The molecule has 0 saturated carbocycles. The molecule has 0 aliphatic carbocycles. The van der Waals surface area contributed by atoms with Crippen LogP contribution in [0.5, 0.6) is 5.88 Å². The van der Waals surface area contributed by atoms with Crippen LogP contribution in [0, 0.1) is 0 Å². The van der Waals surface area contributed by atoms with E-state index in [0.29, 0.717) is 24.5 Å². The largest absolute Gasteiger partial charge is 0.475 e. The minimum Gasteiger partial charge on any atom is -0.475 e. The number of ether oxygens (including phenoxy) is 1. The van der Waals surface area contributed by atoms with Crippen LogP contribution in [0.3, 0.4) is 0 Å². The number of aromatic nitrogens is 1. The van der Waals surface area contributed by atoms with Crippen LogP contribution >= 0.6 is 0 Å². The van der Waals surface area contributed by atoms with Gasteiger partial charge in [-0.15, -0.1) is 0 Å². The summed E-state index contributed by atoms with van der Waals surface area (Å²) in [5, 5.41) is 12.2. The molecule has 0 bridgehead atoms. The third-order valence-corrected chi connectivity index (χ3v) is 3.57. The Morgan fingerprint density at radius 2 is 1.92 bits per heavy atom. The Labute approximate surface area is 142 Å². The molecule has 2 aromatic rings. The van der Waals surface area contributed by atoms with Crippen molar-refractivity contribution < 1.29 is 14.6 Å². The summed E-state index contributed by atoms with van der Waals surface area (Å²) in [6.07, 6.45) is 0.594. The van der Waals surface area contributed by atoms with Gasteiger partial charge in [0.2, 0.25) is 5.88 Å². The topological polar surface area (TPSA) is 71.5 Å². The first-order chi connectivity index (χ1) is 11.6. The number of amides is 1. The van der Waals surface area contributed by atoms with Gasteiger partial charge in [0.05, 0.1) is 6.10 Å². The van der Waals surface area contributed by atoms with Crippen LogP contribution in [0.15, 0.2) is 48.5 Å². The fourth-order valence-corrected chi connectivity index (χ4v) is 2.42. The Bertz CT molecular complexity index is 644. The van der Waals surface area contributed by atoms with Crippen molar-refractivity contribution in [2.24, 2.45) is 0 Å². The molecule has 0 fully saturated rings. The quantitative estimate of drug-likeness (QED) is 0.781. The molecule has 1 aromatic heterocycles. The number of hydrogen-bond acceptors (Lipinski definition) is 4. The fraction of sp³-hybridized carbons (Fsp3) is 0.368. The molecule has 1 atom stereocenters. The molecular formula is C19H24N2O3. The van der Waals surface area contributed by atoms with E-state index in [4.69, 9.17) is 4.74 Å². The van der Waals surface area contributed by atoms with Crippen LogP contribution in [-0.4, -0.2) is 35.3 Å². The summed E-state index contributed by atoms with van der Waals surface area (Å²) in [4.78, 5) is 16.6. The van der Waals surface area contributed by atoms with E-state index in [0.717, 1.165) is 5.56 Å². The second kappa shape index (κ2) is 9.03. The summed E-state index contributed by atoms with van der Waals surface area (Å²) in [7, 11) is 0. The van der Waals surface area contributed by atoms with Crippen LogP contribution in [0.4, 0.5) is 0 Å². The van der Waals surface area contributed by atoms with E-state index >= 15 is 0 Å². The van der Waals surface area contributed by atoms with Gasteiger partial charge in [-0.25, -0.2) is 4.98 Å². The fourth-order valence-electron chi connectivity index (χ4n) is 2.42. The van der Waals surface area contributed by atoms with E-state index < -0.39 is 0 Å². The Kier molecular flexibility index (Phi) is 6.75. The molecule has 1 heterocycles. The molecule has 0 radical (unpaired) electrons. The van der Waals surface area contributed by atoms with E-state index in [1.807, 2.05) is 44.2 Å². The van der Waals surface area contributed by atoms with Crippen LogP contribution < -0.4 is 10.1 Å². The number of rotatable bonds is 8. The molecule has 5 nitrogen and oxygen atoms in total. The van der Waals surface area contributed by atoms with Crippen molar-refractivity contribution in [3.8, 4) is 5.88 Å². The highest BCUT2D eigenvalue weighted by Gasteiger charge is 2.14. The van der Waals surface area contributed by atoms with E-state index in [1.54, 1.807) is 18.2 Å². The molecule has 5 heteroatoms. The van der Waals surface area contributed by atoms with E-state index in [2.05, 4.69) is 10.3 Å². The monoisotopic (exact) mass is 328 g/mol. The molecule has 0 aliphatic rings. The van der Waals surface area contributed by atoms with Gasteiger partial charge in [-0.1, -0.05) is 36.4 Å². The Morgan fingerprint density at radius 3 is 2.58 bits per heavy atom. The number of aliphatic hydroxyl groups excluding tert-OH is 1. The number of carbonyl (C=O) groups excluding carboxylic acids is 1. The molecule has 24 heavy (non-hydrogen) atoms. The zero-order valence-electron chi connectivity index (χ0n) is 14.1. The van der Waals surface area contributed by atoms with Crippen molar-refractivity contribution >= 4 is 5.91 Å². The van der Waals surface area contributed by atoms with Gasteiger partial charge in [0, 0.05) is 25.1 Å². The number of nitrogens with one attached hydrogen (secondary N) is 1. The minimum absolute atomic E-state index is 0.00262. The lowest BCUT2D eigenvalue weighted by atomic mass is 9.96. The number of aliphatic hydroxyl groups is 1. The second-order valence-electron chi connectivity index (χ2n) is 5.86. The van der Waals surface area contributed by atoms with Crippen molar-refractivity contribution in [2.75, 3.05) is 13.2 Å². The first-order valence-electron chi connectivity index (χ1n) is 8.18. The Balaban J connectivity index is 2.00. The lowest BCUT2D eigenvalue weighted by molar-refractivity contribution is 0.0942. The molecule has 2 rings (SSSR count). The van der Waals surface area contributed by atoms with Gasteiger partial charge in [-0.2, -0.15) is 0 Å². The average Bonchev–Trinajstić information content (AvgIpc) is 2.58. The van der Waals surface area contributed by atoms with Crippen molar-refractivity contribution in [3.05, 3.63) is 59.8 Å². The lowest BCUT2D eigenvalue weighted by Crippen LogP contribution is -2.29. The molecule has 0 spiro atoms. The van der Waals surface area contributed by atoms with Gasteiger partial charge < -0.3 is 15.2 Å². The highest BCUT2D eigenvalue weighted by atomic mass is 16.5. The third kappa shape index (κ3) is 5.35. The predicted octanol–water partition coefficient (Wildman–Crippen LogP) is 2.76. The first kappa shape index (κ1) is 17.9. The first-order valence-corrected chi connectivity index (χ1v) is 8.18. The highest BCUT2D eigenvalue weighted by Crippen LogP contribution is 2.18. The number of carbonyl (C=O) groups is 1. The Morgan fingerprint density at radius 1 is 1.17 bits per heavy atom. The molecule has 2 N–H and O–H groups in total. The normalized spacial score (nSPS) is 12.0. The Hall–Kier alpha value is -2.40.